The summed E-state index contributed by atoms with van der Waals surface area (Å²) in [6, 6.07) is 0. The Morgan fingerprint density at radius 2 is 1.00 bits per heavy atom. The molecule has 0 aromatic carbocycles. The van der Waals surface area contributed by atoms with Crippen LogP contribution in [0.2, 0.25) is 0 Å². The van der Waals surface area contributed by atoms with Crippen LogP contribution < -0.4 is 16.8 Å². The quantitative estimate of drug-likeness (QED) is 0.381. The fourth-order valence-electron chi connectivity index (χ4n) is 2.76. The minimum Gasteiger partial charge on any atom is -0.330 e. The molecule has 21 heavy (non-hydrogen) atoms. The van der Waals surface area contributed by atoms with Crippen molar-refractivity contribution in [2.45, 2.75) is 78.1 Å². The molecule has 0 saturated heterocycles. The molecule has 0 aromatic rings. The largest absolute Gasteiger partial charge is 0.330 e. The first-order chi connectivity index (χ1) is 10.2. The van der Waals surface area contributed by atoms with Crippen LogP contribution in [-0.2, 0) is 0 Å². The summed E-state index contributed by atoms with van der Waals surface area (Å²) in [5.41, 5.74) is 11.0. The molecule has 0 fully saturated rings. The molecule has 0 radical (unpaired) electrons. The second-order valence-corrected chi connectivity index (χ2v) is 6.85. The molecule has 5 N–H and O–H groups in total. The standard InChI is InChI=1S/C18H41N3/c1-17(11-7-3-5-9-13-19)15-21-16-18(2)12-8-4-6-10-14-20/h17-18,21H,3-16,19-20H2,1-2H3. The Labute approximate surface area is 133 Å². The van der Waals surface area contributed by atoms with Gasteiger partial charge in [-0.2, -0.15) is 0 Å². The fourth-order valence-corrected chi connectivity index (χ4v) is 2.76. The number of hydrogen-bond acceptors (Lipinski definition) is 3. The highest BCUT2D eigenvalue weighted by molar-refractivity contribution is 4.62. The topological polar surface area (TPSA) is 64.1 Å². The average Bonchev–Trinajstić information content (AvgIpc) is 2.47. The lowest BCUT2D eigenvalue weighted by Crippen LogP contribution is -2.26. The predicted molar refractivity (Wildman–Crippen MR) is 95.5 cm³/mol. The number of hydrogen-bond donors (Lipinski definition) is 3. The predicted octanol–water partition coefficient (Wildman–Crippen LogP) is 3.67. The van der Waals surface area contributed by atoms with E-state index in [1.165, 1.54) is 77.3 Å². The first-order valence-electron chi connectivity index (χ1n) is 9.31. The maximum Gasteiger partial charge on any atom is -0.00230 e. The molecule has 0 saturated carbocycles. The minimum absolute atomic E-state index is 0.805. The van der Waals surface area contributed by atoms with E-state index in [-0.39, 0.29) is 0 Å². The lowest BCUT2D eigenvalue weighted by molar-refractivity contribution is 0.407. The highest BCUT2D eigenvalue weighted by atomic mass is 14.9. The second-order valence-electron chi connectivity index (χ2n) is 6.85. The Kier molecular flexibility index (Phi) is 16.2. The summed E-state index contributed by atoms with van der Waals surface area (Å²) >= 11 is 0. The van der Waals surface area contributed by atoms with Crippen LogP contribution in [0, 0.1) is 11.8 Å². The Morgan fingerprint density at radius 1 is 0.619 bits per heavy atom. The molecule has 2 atom stereocenters. The van der Waals surface area contributed by atoms with E-state index in [9.17, 15) is 0 Å². The van der Waals surface area contributed by atoms with Gasteiger partial charge in [0.15, 0.2) is 0 Å². The van der Waals surface area contributed by atoms with Crippen molar-refractivity contribution in [1.29, 1.82) is 0 Å². The summed E-state index contributed by atoms with van der Waals surface area (Å²) in [5.74, 6) is 1.61. The SMILES string of the molecule is CC(CCCCCCN)CNCC(C)CCCCCCN. The summed E-state index contributed by atoms with van der Waals surface area (Å²) in [6.07, 6.45) is 13.1. The van der Waals surface area contributed by atoms with Gasteiger partial charge in [-0.05, 0) is 63.7 Å². The van der Waals surface area contributed by atoms with E-state index in [0.717, 1.165) is 24.9 Å². The van der Waals surface area contributed by atoms with Crippen molar-refractivity contribution in [2.24, 2.45) is 23.3 Å². The van der Waals surface area contributed by atoms with Gasteiger partial charge in [0.1, 0.15) is 0 Å². The van der Waals surface area contributed by atoms with Gasteiger partial charge in [-0.3, -0.25) is 0 Å². The van der Waals surface area contributed by atoms with E-state index in [1.807, 2.05) is 0 Å². The van der Waals surface area contributed by atoms with Crippen LogP contribution in [-0.4, -0.2) is 26.2 Å². The van der Waals surface area contributed by atoms with E-state index in [2.05, 4.69) is 19.2 Å². The minimum atomic E-state index is 0.805. The summed E-state index contributed by atoms with van der Waals surface area (Å²) in [4.78, 5) is 0. The van der Waals surface area contributed by atoms with Crippen LogP contribution in [0.3, 0.4) is 0 Å². The molecule has 2 unspecified atom stereocenters. The molecule has 0 rings (SSSR count). The Hall–Kier alpha value is -0.120. The number of nitrogens with one attached hydrogen (secondary N) is 1. The van der Waals surface area contributed by atoms with Crippen molar-refractivity contribution in [2.75, 3.05) is 26.2 Å². The van der Waals surface area contributed by atoms with Crippen LogP contribution >= 0.6 is 0 Å². The molecule has 3 nitrogen and oxygen atoms in total. The van der Waals surface area contributed by atoms with E-state index in [0.29, 0.717) is 0 Å². The van der Waals surface area contributed by atoms with E-state index in [1.54, 1.807) is 0 Å². The lowest BCUT2D eigenvalue weighted by Gasteiger charge is -2.16. The zero-order chi connectivity index (χ0) is 15.8. The second kappa shape index (κ2) is 16.3. The van der Waals surface area contributed by atoms with Crippen molar-refractivity contribution in [1.82, 2.24) is 5.32 Å². The van der Waals surface area contributed by atoms with Gasteiger partial charge in [-0.15, -0.1) is 0 Å². The zero-order valence-corrected chi connectivity index (χ0v) is 14.7. The van der Waals surface area contributed by atoms with Crippen LogP contribution in [0.25, 0.3) is 0 Å². The summed E-state index contributed by atoms with van der Waals surface area (Å²) in [5, 5.41) is 3.65. The van der Waals surface area contributed by atoms with Crippen molar-refractivity contribution in [3.63, 3.8) is 0 Å². The molecule has 128 valence electrons. The lowest BCUT2D eigenvalue weighted by atomic mass is 10.0. The van der Waals surface area contributed by atoms with Crippen molar-refractivity contribution >= 4 is 0 Å². The molecule has 0 aliphatic carbocycles. The maximum absolute atomic E-state index is 5.51. The highest BCUT2D eigenvalue weighted by Crippen LogP contribution is 2.11. The molecule has 0 aromatic heterocycles. The molecular weight excluding hydrogens is 258 g/mol. The number of rotatable bonds is 16. The van der Waals surface area contributed by atoms with Gasteiger partial charge in [-0.1, -0.05) is 52.4 Å². The Balaban J connectivity index is 3.30. The molecule has 0 heterocycles. The van der Waals surface area contributed by atoms with Crippen molar-refractivity contribution < 1.29 is 0 Å². The molecular formula is C18H41N3. The van der Waals surface area contributed by atoms with Gasteiger partial charge in [0.2, 0.25) is 0 Å². The smallest absolute Gasteiger partial charge is 0.00230 e. The van der Waals surface area contributed by atoms with Gasteiger partial charge < -0.3 is 16.8 Å². The van der Waals surface area contributed by atoms with Crippen LogP contribution in [0.5, 0.6) is 0 Å². The fraction of sp³-hybridized carbons (Fsp3) is 1.00. The van der Waals surface area contributed by atoms with Gasteiger partial charge in [0.05, 0.1) is 0 Å². The van der Waals surface area contributed by atoms with Crippen LogP contribution in [0.4, 0.5) is 0 Å². The third kappa shape index (κ3) is 16.1. The molecule has 3 heteroatoms. The van der Waals surface area contributed by atoms with Crippen LogP contribution in [0.1, 0.15) is 78.1 Å². The van der Waals surface area contributed by atoms with Gasteiger partial charge in [-0.25, -0.2) is 0 Å². The first kappa shape index (κ1) is 20.9. The van der Waals surface area contributed by atoms with Crippen molar-refractivity contribution in [3.05, 3.63) is 0 Å². The molecule has 0 aliphatic rings. The van der Waals surface area contributed by atoms with Crippen molar-refractivity contribution in [3.8, 4) is 0 Å². The monoisotopic (exact) mass is 299 g/mol. The van der Waals surface area contributed by atoms with E-state index < -0.39 is 0 Å². The molecule has 0 aliphatic heterocycles. The third-order valence-electron chi connectivity index (χ3n) is 4.29. The number of nitrogens with two attached hydrogens (primary N) is 2. The average molecular weight is 300 g/mol. The Bertz CT molecular complexity index is 177. The summed E-state index contributed by atoms with van der Waals surface area (Å²) < 4.78 is 0. The third-order valence-corrected chi connectivity index (χ3v) is 4.29. The van der Waals surface area contributed by atoms with E-state index >= 15 is 0 Å². The molecule has 0 bridgehead atoms. The summed E-state index contributed by atoms with van der Waals surface area (Å²) in [6.45, 7) is 8.78. The van der Waals surface area contributed by atoms with Crippen LogP contribution in [0.15, 0.2) is 0 Å². The zero-order valence-electron chi connectivity index (χ0n) is 14.7. The van der Waals surface area contributed by atoms with Gasteiger partial charge in [0, 0.05) is 0 Å². The van der Waals surface area contributed by atoms with E-state index in [4.69, 9.17) is 11.5 Å². The highest BCUT2D eigenvalue weighted by Gasteiger charge is 2.05. The Morgan fingerprint density at radius 3 is 1.38 bits per heavy atom. The number of unbranched alkanes of at least 4 members (excludes halogenated alkanes) is 6. The maximum atomic E-state index is 5.51. The van der Waals surface area contributed by atoms with Gasteiger partial charge in [0.25, 0.3) is 0 Å². The molecule has 0 amide bonds. The normalized spacial score (nSPS) is 14.3. The summed E-state index contributed by atoms with van der Waals surface area (Å²) in [7, 11) is 0. The van der Waals surface area contributed by atoms with Gasteiger partial charge >= 0.3 is 0 Å². The molecule has 0 spiro atoms. The first-order valence-corrected chi connectivity index (χ1v) is 9.31.